The van der Waals surface area contributed by atoms with Crippen LogP contribution in [0.4, 0.5) is 30.2 Å². The first kappa shape index (κ1) is 35.7. The highest BCUT2D eigenvalue weighted by atomic mass is 32.1. The molecule has 3 aliphatic rings. The summed E-state index contributed by atoms with van der Waals surface area (Å²) in [6.45, 7) is 3.22. The minimum atomic E-state index is -1.34. The number of imide groups is 1. The van der Waals surface area contributed by atoms with E-state index < -0.39 is 35.5 Å². The number of hydrogen-bond acceptors (Lipinski definition) is 11. The Morgan fingerprint density at radius 1 is 0.945 bits per heavy atom. The van der Waals surface area contributed by atoms with Crippen molar-refractivity contribution >= 4 is 51.7 Å². The van der Waals surface area contributed by atoms with Gasteiger partial charge in [0.25, 0.3) is 11.8 Å². The Labute approximate surface area is 317 Å². The van der Waals surface area contributed by atoms with Crippen molar-refractivity contribution in [3.05, 3.63) is 112 Å². The van der Waals surface area contributed by atoms with Crippen LogP contribution >= 0.6 is 11.3 Å². The van der Waals surface area contributed by atoms with E-state index in [1.54, 1.807) is 29.6 Å². The van der Waals surface area contributed by atoms with Gasteiger partial charge in [0, 0.05) is 91.8 Å². The number of hydrogen-bond donors (Lipinski definition) is 3. The van der Waals surface area contributed by atoms with Crippen LogP contribution in [0.25, 0.3) is 11.3 Å². The largest absolute Gasteiger partial charge is 0.508 e. The Hall–Kier alpha value is -6.33. The van der Waals surface area contributed by atoms with E-state index in [1.165, 1.54) is 33.4 Å². The Morgan fingerprint density at radius 3 is 2.51 bits per heavy atom. The van der Waals surface area contributed by atoms with Crippen molar-refractivity contribution in [1.82, 2.24) is 30.3 Å². The number of nitrogens with one attached hydrogen (secondary N) is 2. The van der Waals surface area contributed by atoms with E-state index in [-0.39, 0.29) is 36.7 Å². The van der Waals surface area contributed by atoms with E-state index in [2.05, 4.69) is 35.6 Å². The molecule has 2 aromatic heterocycles. The van der Waals surface area contributed by atoms with E-state index in [0.29, 0.717) is 77.3 Å². The van der Waals surface area contributed by atoms with Crippen LogP contribution in [-0.2, 0) is 22.7 Å². The molecule has 0 saturated carbocycles. The fourth-order valence-corrected chi connectivity index (χ4v) is 7.54. The highest BCUT2D eigenvalue weighted by Gasteiger charge is 2.39. The first-order valence-corrected chi connectivity index (χ1v) is 18.3. The Kier molecular flexibility index (Phi) is 9.62. The van der Waals surface area contributed by atoms with Crippen molar-refractivity contribution in [2.24, 2.45) is 0 Å². The third-order valence-corrected chi connectivity index (χ3v) is 10.6. The van der Waals surface area contributed by atoms with Crippen LogP contribution in [0.5, 0.6) is 5.75 Å². The maximum atomic E-state index is 15.1. The zero-order chi connectivity index (χ0) is 38.2. The maximum absolute atomic E-state index is 15.1. The van der Waals surface area contributed by atoms with Gasteiger partial charge in [-0.3, -0.25) is 34.8 Å². The van der Waals surface area contributed by atoms with Crippen molar-refractivity contribution in [1.29, 1.82) is 0 Å². The molecule has 280 valence electrons. The number of anilines is 3. The van der Waals surface area contributed by atoms with Crippen molar-refractivity contribution in [2.45, 2.75) is 25.6 Å². The summed E-state index contributed by atoms with van der Waals surface area (Å²) in [5, 5.41) is 26.4. The fraction of sp³-hybridized carbons (Fsp3) is 0.237. The lowest BCUT2D eigenvalue weighted by Crippen LogP contribution is -2.49. The standard InChI is InChI=1S/C38H33F2N9O5S/c39-25-4-7-31(50)28(18-25)34(35(52)43-37-41-10-16-55-37)49-21-23-2-1-22(17-27(23)36(49)53)30-6-8-32(45-44-30)47-14-12-46(13-15-47)20-24-3-5-26(19-29(24)40)48-11-9-33(51)42-38(48)54/h1-8,10,16-19,34,50H,9,11-15,20-21H2,(H,41,43,52)(H,42,51,54). The van der Waals surface area contributed by atoms with Crippen LogP contribution in [0, 0.1) is 11.6 Å². The van der Waals surface area contributed by atoms with Gasteiger partial charge >= 0.3 is 6.03 Å². The molecule has 8 rings (SSSR count). The summed E-state index contributed by atoms with van der Waals surface area (Å²) in [4.78, 5) is 62.0. The first-order valence-electron chi connectivity index (χ1n) is 17.4. The summed E-state index contributed by atoms with van der Waals surface area (Å²) < 4.78 is 29.5. The first-order chi connectivity index (χ1) is 26.6. The van der Waals surface area contributed by atoms with Gasteiger partial charge in [0.2, 0.25) is 5.91 Å². The minimum Gasteiger partial charge on any atom is -0.508 e. The second kappa shape index (κ2) is 14.8. The SMILES string of the molecule is O=C1CCN(c2ccc(CN3CCN(c4ccc(-c5ccc6c(c5)C(=O)N(C(C(=O)Nc5nccs5)c5cc(F)ccc5O)C6)nn4)CC3)c(F)c2)C(=O)N1. The highest BCUT2D eigenvalue weighted by Crippen LogP contribution is 2.38. The third kappa shape index (κ3) is 7.30. The molecule has 0 radical (unpaired) electrons. The number of fused-ring (bicyclic) bond motifs is 1. The highest BCUT2D eigenvalue weighted by molar-refractivity contribution is 7.13. The second-order valence-corrected chi connectivity index (χ2v) is 14.2. The number of benzene rings is 3. The van der Waals surface area contributed by atoms with E-state index in [4.69, 9.17) is 0 Å². The molecular weight excluding hydrogens is 733 g/mol. The summed E-state index contributed by atoms with van der Waals surface area (Å²) in [7, 11) is 0. The normalized spacial score (nSPS) is 16.6. The number of phenols is 1. The number of rotatable bonds is 9. The van der Waals surface area contributed by atoms with Crippen LogP contribution in [0.1, 0.15) is 39.5 Å². The van der Waals surface area contributed by atoms with Crippen LogP contribution in [0.2, 0.25) is 0 Å². The molecule has 5 heterocycles. The number of carbonyl (C=O) groups excluding carboxylic acids is 4. The molecule has 1 atom stereocenters. The lowest BCUT2D eigenvalue weighted by atomic mass is 10.0. The number of phenolic OH excluding ortho intramolecular Hbond substituents is 1. The molecule has 0 spiro atoms. The monoisotopic (exact) mass is 765 g/mol. The van der Waals surface area contributed by atoms with Crippen molar-refractivity contribution in [3.63, 3.8) is 0 Å². The van der Waals surface area contributed by atoms with Gasteiger partial charge in [-0.15, -0.1) is 21.5 Å². The molecule has 5 aromatic rings. The quantitative estimate of drug-likeness (QED) is 0.192. The molecule has 3 aromatic carbocycles. The second-order valence-electron chi connectivity index (χ2n) is 13.3. The van der Waals surface area contributed by atoms with E-state index in [9.17, 15) is 28.7 Å². The van der Waals surface area contributed by atoms with Gasteiger partial charge in [-0.25, -0.2) is 18.6 Å². The Balaban J connectivity index is 0.916. The predicted molar refractivity (Wildman–Crippen MR) is 198 cm³/mol. The van der Waals surface area contributed by atoms with E-state index >= 15 is 4.39 Å². The minimum absolute atomic E-state index is 0.0510. The molecule has 5 amide bonds. The zero-order valence-electron chi connectivity index (χ0n) is 29.1. The number of piperazine rings is 1. The Morgan fingerprint density at radius 2 is 1.78 bits per heavy atom. The molecular formula is C38H33F2N9O5S. The average molecular weight is 766 g/mol. The molecule has 3 N–H and O–H groups in total. The number of thiazole rings is 1. The molecule has 17 heteroatoms. The van der Waals surface area contributed by atoms with Crippen LogP contribution in [0.15, 0.2) is 78.3 Å². The number of carbonyl (C=O) groups is 4. The number of halogens is 2. The van der Waals surface area contributed by atoms with E-state index in [1.807, 2.05) is 18.2 Å². The lowest BCUT2D eigenvalue weighted by molar-refractivity contribution is -0.121. The van der Waals surface area contributed by atoms with E-state index in [0.717, 1.165) is 18.2 Å². The fourth-order valence-electron chi connectivity index (χ4n) is 7.01. The zero-order valence-corrected chi connectivity index (χ0v) is 29.9. The van der Waals surface area contributed by atoms with Gasteiger partial charge in [0.05, 0.1) is 5.69 Å². The smallest absolute Gasteiger partial charge is 0.328 e. The Bertz CT molecular complexity index is 2300. The maximum Gasteiger partial charge on any atom is 0.328 e. The molecule has 2 fully saturated rings. The van der Waals surface area contributed by atoms with Crippen LogP contribution in [0.3, 0.4) is 0 Å². The van der Waals surface area contributed by atoms with Gasteiger partial charge in [-0.1, -0.05) is 18.2 Å². The van der Waals surface area contributed by atoms with Gasteiger partial charge < -0.3 is 14.9 Å². The molecule has 14 nitrogen and oxygen atoms in total. The lowest BCUT2D eigenvalue weighted by Gasteiger charge is -2.35. The average Bonchev–Trinajstić information content (AvgIpc) is 3.81. The number of nitrogens with zero attached hydrogens (tertiary/aromatic N) is 7. The van der Waals surface area contributed by atoms with Gasteiger partial charge in [0.1, 0.15) is 23.4 Å². The molecule has 1 unspecified atom stereocenters. The molecule has 3 aliphatic heterocycles. The van der Waals surface area contributed by atoms with Gasteiger partial charge in [0.15, 0.2) is 10.9 Å². The van der Waals surface area contributed by atoms with Crippen molar-refractivity contribution in [2.75, 3.05) is 47.8 Å². The summed E-state index contributed by atoms with van der Waals surface area (Å²) in [6.07, 6.45) is 1.68. The predicted octanol–water partition coefficient (Wildman–Crippen LogP) is 4.69. The summed E-state index contributed by atoms with van der Waals surface area (Å²) >= 11 is 1.19. The molecule has 55 heavy (non-hydrogen) atoms. The number of aromatic hydroxyl groups is 1. The summed E-state index contributed by atoms with van der Waals surface area (Å²) in [5.74, 6) is -2.21. The van der Waals surface area contributed by atoms with Crippen molar-refractivity contribution in [3.8, 4) is 17.0 Å². The van der Waals surface area contributed by atoms with Crippen molar-refractivity contribution < 1.29 is 33.1 Å². The number of urea groups is 1. The molecule has 0 aliphatic carbocycles. The third-order valence-electron chi connectivity index (χ3n) is 9.89. The van der Waals surface area contributed by atoms with Crippen LogP contribution in [-0.4, -0.2) is 86.6 Å². The number of amides is 5. The van der Waals surface area contributed by atoms with Gasteiger partial charge in [-0.2, -0.15) is 0 Å². The number of aromatic nitrogens is 3. The van der Waals surface area contributed by atoms with Gasteiger partial charge in [-0.05, 0) is 54.1 Å². The molecule has 2 saturated heterocycles. The summed E-state index contributed by atoms with van der Waals surface area (Å²) in [5.41, 5.74) is 3.03. The van der Waals surface area contributed by atoms with Crippen LogP contribution < -0.4 is 20.4 Å². The topological polar surface area (TPSA) is 164 Å². The molecule has 0 bridgehead atoms. The summed E-state index contributed by atoms with van der Waals surface area (Å²) in [6, 6.07) is 15.0.